The Balaban J connectivity index is 1.75. The van der Waals surface area contributed by atoms with Crippen molar-refractivity contribution in [3.63, 3.8) is 0 Å². The van der Waals surface area contributed by atoms with Crippen LogP contribution in [0.5, 0.6) is 0 Å². The summed E-state index contributed by atoms with van der Waals surface area (Å²) in [6.45, 7) is 4.41. The fraction of sp³-hybridized carbons (Fsp3) is 0.364. The van der Waals surface area contributed by atoms with E-state index in [1.54, 1.807) is 12.3 Å². The Morgan fingerprint density at radius 2 is 1.73 bits per heavy atom. The van der Waals surface area contributed by atoms with Crippen LogP contribution in [-0.4, -0.2) is 28.9 Å². The Bertz CT molecular complexity index is 1410. The number of fused-ring (bicyclic) bond motifs is 1. The van der Waals surface area contributed by atoms with Gasteiger partial charge in [0, 0.05) is 19.3 Å². The summed E-state index contributed by atoms with van der Waals surface area (Å²) < 4.78 is 43.9. The molecular weight excluding hydrogens is 437 g/mol. The lowest BCUT2D eigenvalue weighted by molar-refractivity contribution is -0.138. The van der Waals surface area contributed by atoms with Gasteiger partial charge in [0.05, 0.1) is 23.9 Å². The molecule has 3 heterocycles. The molecule has 174 valence electrons. The van der Waals surface area contributed by atoms with Crippen LogP contribution in [0.3, 0.4) is 0 Å². The minimum Gasteiger partial charge on any atom is -0.332 e. The highest BCUT2D eigenvalue weighted by molar-refractivity contribution is 5.75. The molecule has 11 heteroatoms. The molecule has 0 unspecified atom stereocenters. The minimum atomic E-state index is -4.47. The van der Waals surface area contributed by atoms with Crippen molar-refractivity contribution in [1.82, 2.24) is 28.9 Å². The quantitative estimate of drug-likeness (QED) is 0.456. The Morgan fingerprint density at radius 3 is 2.42 bits per heavy atom. The average molecular weight is 460 g/mol. The van der Waals surface area contributed by atoms with Gasteiger partial charge in [-0.1, -0.05) is 32.0 Å². The first-order chi connectivity index (χ1) is 15.7. The lowest BCUT2D eigenvalue weighted by atomic mass is 10.1. The van der Waals surface area contributed by atoms with Gasteiger partial charge in [-0.25, -0.2) is 9.78 Å². The van der Waals surface area contributed by atoms with Gasteiger partial charge in [-0.15, -0.1) is 0 Å². The van der Waals surface area contributed by atoms with Gasteiger partial charge in [-0.3, -0.25) is 18.6 Å². The topological polar surface area (TPSA) is 90.5 Å². The number of alkyl halides is 3. The standard InChI is InChI=1S/C22H23F3N6O2/c1-3-9-30-19-17(20(32)31(10-4-2)21(30)33)27-18(28-19)15-11-26-29(13-15)12-14-7-5-6-8-16(14)22(23,24)25/h5-8,11,13H,3-4,9-10,12H2,1-2H3,(H,27,28). The van der Waals surface area contributed by atoms with Crippen LogP contribution in [0.25, 0.3) is 22.6 Å². The van der Waals surface area contributed by atoms with Crippen molar-refractivity contribution in [3.05, 3.63) is 68.6 Å². The van der Waals surface area contributed by atoms with Gasteiger partial charge < -0.3 is 4.98 Å². The third kappa shape index (κ3) is 4.22. The maximum atomic E-state index is 13.3. The Hall–Kier alpha value is -3.63. The fourth-order valence-electron chi connectivity index (χ4n) is 3.83. The lowest BCUT2D eigenvalue weighted by Crippen LogP contribution is -2.40. The number of aromatic amines is 1. The summed E-state index contributed by atoms with van der Waals surface area (Å²) in [5.41, 5.74) is -0.531. The number of hydrogen-bond acceptors (Lipinski definition) is 4. The Morgan fingerprint density at radius 1 is 1.03 bits per heavy atom. The molecular formula is C22H23F3N6O2. The number of imidazole rings is 1. The minimum absolute atomic E-state index is 0.0836. The first kappa shape index (κ1) is 22.6. The van der Waals surface area contributed by atoms with E-state index in [1.165, 1.54) is 32.1 Å². The van der Waals surface area contributed by atoms with Crippen molar-refractivity contribution in [3.8, 4) is 11.4 Å². The molecule has 1 aromatic carbocycles. The predicted molar refractivity (Wildman–Crippen MR) is 117 cm³/mol. The molecule has 0 saturated carbocycles. The molecule has 1 N–H and O–H groups in total. The number of nitrogens with one attached hydrogen (secondary N) is 1. The molecule has 4 aromatic rings. The molecule has 0 radical (unpaired) electrons. The number of aryl methyl sites for hydroxylation is 1. The van der Waals surface area contributed by atoms with Gasteiger partial charge in [0.15, 0.2) is 5.65 Å². The smallest absolute Gasteiger partial charge is 0.332 e. The van der Waals surface area contributed by atoms with Crippen LogP contribution >= 0.6 is 0 Å². The predicted octanol–water partition coefficient (Wildman–Crippen LogP) is 3.64. The van der Waals surface area contributed by atoms with Crippen LogP contribution < -0.4 is 11.2 Å². The summed E-state index contributed by atoms with van der Waals surface area (Å²) in [4.78, 5) is 33.1. The van der Waals surface area contributed by atoms with Gasteiger partial charge in [-0.05, 0) is 24.5 Å². The number of halogens is 3. The van der Waals surface area contributed by atoms with Crippen LogP contribution in [0.4, 0.5) is 13.2 Å². The van der Waals surface area contributed by atoms with Crippen LogP contribution in [0, 0.1) is 0 Å². The number of hydrogen-bond donors (Lipinski definition) is 1. The van der Waals surface area contributed by atoms with E-state index in [4.69, 9.17) is 0 Å². The van der Waals surface area contributed by atoms with Crippen LogP contribution in [0.2, 0.25) is 0 Å². The van der Waals surface area contributed by atoms with Crippen LogP contribution in [-0.2, 0) is 25.8 Å². The molecule has 0 amide bonds. The van der Waals surface area contributed by atoms with Crippen molar-refractivity contribution in [2.75, 3.05) is 0 Å². The van der Waals surface area contributed by atoms with Gasteiger partial charge in [0.1, 0.15) is 11.3 Å². The Labute approximate surface area is 186 Å². The largest absolute Gasteiger partial charge is 0.416 e. The van der Waals surface area contributed by atoms with Crippen molar-refractivity contribution in [2.45, 2.75) is 52.5 Å². The third-order valence-electron chi connectivity index (χ3n) is 5.32. The van der Waals surface area contributed by atoms with Crippen molar-refractivity contribution >= 4 is 11.2 Å². The first-order valence-electron chi connectivity index (χ1n) is 10.7. The van der Waals surface area contributed by atoms with E-state index in [2.05, 4.69) is 15.1 Å². The Kier molecular flexibility index (Phi) is 5.96. The second kappa shape index (κ2) is 8.72. The summed E-state index contributed by atoms with van der Waals surface area (Å²) >= 11 is 0. The zero-order valence-corrected chi connectivity index (χ0v) is 18.2. The summed E-state index contributed by atoms with van der Waals surface area (Å²) in [6, 6.07) is 5.33. The second-order valence-electron chi connectivity index (χ2n) is 7.76. The maximum Gasteiger partial charge on any atom is 0.416 e. The molecule has 0 spiro atoms. The third-order valence-corrected chi connectivity index (χ3v) is 5.32. The molecule has 0 fully saturated rings. The average Bonchev–Trinajstić information content (AvgIpc) is 3.41. The number of H-pyrrole nitrogens is 1. The molecule has 3 aromatic heterocycles. The van der Waals surface area contributed by atoms with Gasteiger partial charge in [0.2, 0.25) is 0 Å². The van der Waals surface area contributed by atoms with E-state index in [1.807, 2.05) is 13.8 Å². The molecule has 0 saturated heterocycles. The van der Waals surface area contributed by atoms with Gasteiger partial charge >= 0.3 is 11.9 Å². The number of aromatic nitrogens is 6. The van der Waals surface area contributed by atoms with Gasteiger partial charge in [0.25, 0.3) is 5.56 Å². The highest BCUT2D eigenvalue weighted by atomic mass is 19.4. The van der Waals surface area contributed by atoms with E-state index in [0.29, 0.717) is 37.3 Å². The van der Waals surface area contributed by atoms with Crippen LogP contribution in [0.1, 0.15) is 37.8 Å². The molecule has 0 bridgehead atoms. The zero-order valence-electron chi connectivity index (χ0n) is 18.2. The SMILES string of the molecule is CCCn1c(=O)c2[nH]c(-c3cnn(Cc4ccccc4C(F)(F)F)c3)nc2n(CCC)c1=O. The molecule has 33 heavy (non-hydrogen) atoms. The van der Waals surface area contributed by atoms with Crippen molar-refractivity contribution < 1.29 is 13.2 Å². The number of benzene rings is 1. The molecule has 0 aliphatic rings. The van der Waals surface area contributed by atoms with E-state index in [0.717, 1.165) is 6.07 Å². The normalized spacial score (nSPS) is 12.0. The summed E-state index contributed by atoms with van der Waals surface area (Å²) in [6.07, 6.45) is -0.150. The van der Waals surface area contributed by atoms with E-state index >= 15 is 0 Å². The number of rotatable bonds is 7. The van der Waals surface area contributed by atoms with Crippen LogP contribution in [0.15, 0.2) is 46.2 Å². The summed E-state index contributed by atoms with van der Waals surface area (Å²) in [5.74, 6) is 0.316. The fourth-order valence-corrected chi connectivity index (χ4v) is 3.83. The number of nitrogens with zero attached hydrogens (tertiary/aromatic N) is 5. The highest BCUT2D eigenvalue weighted by Gasteiger charge is 2.33. The second-order valence-corrected chi connectivity index (χ2v) is 7.76. The zero-order chi connectivity index (χ0) is 23.8. The maximum absolute atomic E-state index is 13.3. The van der Waals surface area contributed by atoms with E-state index in [-0.39, 0.29) is 23.3 Å². The molecule has 0 atom stereocenters. The molecule has 4 rings (SSSR count). The van der Waals surface area contributed by atoms with Crippen molar-refractivity contribution in [1.29, 1.82) is 0 Å². The summed E-state index contributed by atoms with van der Waals surface area (Å²) in [7, 11) is 0. The highest BCUT2D eigenvalue weighted by Crippen LogP contribution is 2.32. The van der Waals surface area contributed by atoms with E-state index < -0.39 is 23.0 Å². The summed E-state index contributed by atoms with van der Waals surface area (Å²) in [5, 5.41) is 4.16. The molecule has 0 aliphatic heterocycles. The monoisotopic (exact) mass is 460 g/mol. The van der Waals surface area contributed by atoms with Gasteiger partial charge in [-0.2, -0.15) is 18.3 Å². The first-order valence-corrected chi connectivity index (χ1v) is 10.7. The molecule has 8 nitrogen and oxygen atoms in total. The lowest BCUT2D eigenvalue weighted by Gasteiger charge is -2.12. The van der Waals surface area contributed by atoms with E-state index in [9.17, 15) is 22.8 Å². The van der Waals surface area contributed by atoms with Crippen molar-refractivity contribution in [2.24, 2.45) is 0 Å². The molecule has 0 aliphatic carbocycles.